The predicted molar refractivity (Wildman–Crippen MR) is 82.3 cm³/mol. The van der Waals surface area contributed by atoms with E-state index in [9.17, 15) is 8.78 Å². The molecule has 0 atom stereocenters. The van der Waals surface area contributed by atoms with Crippen LogP contribution >= 0.6 is 15.9 Å². The number of ether oxygens (including phenoxy) is 1. The van der Waals surface area contributed by atoms with E-state index in [1.807, 2.05) is 32.2 Å². The Morgan fingerprint density at radius 3 is 2.67 bits per heavy atom. The second kappa shape index (κ2) is 7.00. The summed E-state index contributed by atoms with van der Waals surface area (Å²) in [6.07, 6.45) is 0. The Labute approximate surface area is 131 Å². The number of hydrogen-bond acceptors (Lipinski definition) is 2. The molecular formula is C16H16BrF2NO. The Bertz CT molecular complexity index is 646. The third kappa shape index (κ3) is 3.80. The normalized spacial score (nSPS) is 10.7. The molecule has 5 heteroatoms. The molecule has 2 aromatic rings. The van der Waals surface area contributed by atoms with Gasteiger partial charge in [0.2, 0.25) is 0 Å². The van der Waals surface area contributed by atoms with Crippen molar-refractivity contribution >= 4 is 15.9 Å². The Hall–Kier alpha value is -1.46. The molecule has 0 aliphatic carbocycles. The summed E-state index contributed by atoms with van der Waals surface area (Å²) in [7, 11) is 1.83. The van der Waals surface area contributed by atoms with Crippen LogP contribution in [0.3, 0.4) is 0 Å². The van der Waals surface area contributed by atoms with Gasteiger partial charge in [0.25, 0.3) is 0 Å². The first-order chi connectivity index (χ1) is 10.0. The first-order valence-corrected chi connectivity index (χ1v) is 7.31. The van der Waals surface area contributed by atoms with Crippen molar-refractivity contribution in [3.05, 3.63) is 63.1 Å². The molecule has 0 amide bonds. The van der Waals surface area contributed by atoms with E-state index < -0.39 is 11.6 Å². The molecule has 21 heavy (non-hydrogen) atoms. The lowest BCUT2D eigenvalue weighted by Gasteiger charge is -2.13. The van der Waals surface area contributed by atoms with Crippen molar-refractivity contribution in [3.63, 3.8) is 0 Å². The summed E-state index contributed by atoms with van der Waals surface area (Å²) in [5, 5.41) is 3.05. The minimum atomic E-state index is -0.628. The van der Waals surface area contributed by atoms with Crippen molar-refractivity contribution in [1.29, 1.82) is 0 Å². The third-order valence-corrected chi connectivity index (χ3v) is 3.71. The molecule has 2 aromatic carbocycles. The average Bonchev–Trinajstić information content (AvgIpc) is 2.45. The van der Waals surface area contributed by atoms with E-state index in [1.54, 1.807) is 0 Å². The van der Waals surface area contributed by atoms with Crippen LogP contribution in [0.1, 0.15) is 16.7 Å². The summed E-state index contributed by atoms with van der Waals surface area (Å²) in [4.78, 5) is 0. The Morgan fingerprint density at radius 1 is 1.19 bits per heavy atom. The number of halogens is 3. The largest absolute Gasteiger partial charge is 0.488 e. The predicted octanol–water partition coefficient (Wildman–Crippen LogP) is 4.33. The van der Waals surface area contributed by atoms with Crippen molar-refractivity contribution in [3.8, 4) is 5.75 Å². The molecule has 1 N–H and O–H groups in total. The molecule has 0 aromatic heterocycles. The highest BCUT2D eigenvalue weighted by Gasteiger charge is 2.14. The van der Waals surface area contributed by atoms with Gasteiger partial charge in [-0.2, -0.15) is 0 Å². The molecule has 0 radical (unpaired) electrons. The average molecular weight is 356 g/mol. The van der Waals surface area contributed by atoms with Gasteiger partial charge in [-0.3, -0.25) is 0 Å². The van der Waals surface area contributed by atoms with Crippen LogP contribution in [0.15, 0.2) is 34.8 Å². The van der Waals surface area contributed by atoms with Gasteiger partial charge in [-0.15, -0.1) is 0 Å². The molecular weight excluding hydrogens is 340 g/mol. The number of aryl methyl sites for hydroxylation is 1. The van der Waals surface area contributed by atoms with Gasteiger partial charge in [0.15, 0.2) is 0 Å². The molecule has 0 unspecified atom stereocenters. The van der Waals surface area contributed by atoms with E-state index in [4.69, 9.17) is 4.74 Å². The van der Waals surface area contributed by atoms with Crippen molar-refractivity contribution < 1.29 is 13.5 Å². The second-order valence-electron chi connectivity index (χ2n) is 4.75. The number of nitrogens with one attached hydrogen (secondary N) is 1. The van der Waals surface area contributed by atoms with Crippen LogP contribution in [0.25, 0.3) is 0 Å². The first kappa shape index (κ1) is 15.9. The van der Waals surface area contributed by atoms with Crippen molar-refractivity contribution in [2.45, 2.75) is 20.1 Å². The lowest BCUT2D eigenvalue weighted by atomic mass is 10.1. The summed E-state index contributed by atoms with van der Waals surface area (Å²) < 4.78 is 33.4. The van der Waals surface area contributed by atoms with Gasteiger partial charge in [0.05, 0.1) is 10.0 Å². The quantitative estimate of drug-likeness (QED) is 0.805. The molecule has 0 fully saturated rings. The van der Waals surface area contributed by atoms with Crippen LogP contribution in [-0.2, 0) is 13.2 Å². The minimum absolute atomic E-state index is 0.0830. The van der Waals surface area contributed by atoms with Crippen molar-refractivity contribution in [2.75, 3.05) is 7.05 Å². The molecule has 2 nitrogen and oxygen atoms in total. The van der Waals surface area contributed by atoms with E-state index in [1.165, 1.54) is 12.1 Å². The summed E-state index contributed by atoms with van der Waals surface area (Å²) in [5.74, 6) is -0.621. The molecule has 0 saturated heterocycles. The van der Waals surface area contributed by atoms with Gasteiger partial charge in [-0.25, -0.2) is 8.78 Å². The molecule has 0 saturated carbocycles. The van der Waals surface area contributed by atoms with Crippen LogP contribution in [0, 0.1) is 18.6 Å². The van der Waals surface area contributed by atoms with Crippen molar-refractivity contribution in [1.82, 2.24) is 5.32 Å². The molecule has 0 aliphatic heterocycles. The van der Waals surface area contributed by atoms with Gasteiger partial charge >= 0.3 is 0 Å². The maximum atomic E-state index is 13.9. The van der Waals surface area contributed by atoms with Gasteiger partial charge in [-0.1, -0.05) is 17.7 Å². The third-order valence-electron chi connectivity index (χ3n) is 3.09. The van der Waals surface area contributed by atoms with E-state index in [-0.39, 0.29) is 16.6 Å². The summed E-state index contributed by atoms with van der Waals surface area (Å²) >= 11 is 3.05. The first-order valence-electron chi connectivity index (χ1n) is 6.52. The molecule has 112 valence electrons. The van der Waals surface area contributed by atoms with E-state index in [2.05, 4.69) is 21.2 Å². The molecule has 0 aliphatic rings. The fraction of sp³-hybridized carbons (Fsp3) is 0.250. The highest BCUT2D eigenvalue weighted by atomic mass is 79.9. The zero-order chi connectivity index (χ0) is 15.4. The minimum Gasteiger partial charge on any atom is -0.488 e. The fourth-order valence-corrected chi connectivity index (χ4v) is 2.40. The van der Waals surface area contributed by atoms with Crippen LogP contribution in [0.2, 0.25) is 0 Å². The zero-order valence-electron chi connectivity index (χ0n) is 11.8. The fourth-order valence-electron chi connectivity index (χ4n) is 2.03. The number of hydrogen-bond donors (Lipinski definition) is 1. The smallest absolute Gasteiger partial charge is 0.146 e. The van der Waals surface area contributed by atoms with Crippen LogP contribution < -0.4 is 10.1 Å². The molecule has 0 bridgehead atoms. The molecule has 2 rings (SSSR count). The highest BCUT2D eigenvalue weighted by molar-refractivity contribution is 9.10. The van der Waals surface area contributed by atoms with Gasteiger partial charge in [-0.05, 0) is 48.1 Å². The van der Waals surface area contributed by atoms with Crippen molar-refractivity contribution in [2.24, 2.45) is 0 Å². The van der Waals surface area contributed by atoms with Crippen LogP contribution in [0.4, 0.5) is 8.78 Å². The van der Waals surface area contributed by atoms with Crippen LogP contribution in [0.5, 0.6) is 5.75 Å². The highest BCUT2D eigenvalue weighted by Crippen LogP contribution is 2.25. The monoisotopic (exact) mass is 355 g/mol. The Balaban J connectivity index is 2.23. The lowest BCUT2D eigenvalue weighted by molar-refractivity contribution is 0.288. The standard InChI is InChI=1S/C16H16BrF2NO/c1-10-3-6-15(11(7-10)8-20-2)21-9-12-14(18)5-4-13(17)16(12)19/h3-7,20H,8-9H2,1-2H3. The number of rotatable bonds is 5. The zero-order valence-corrected chi connectivity index (χ0v) is 13.4. The maximum absolute atomic E-state index is 13.9. The van der Waals surface area contributed by atoms with Crippen LogP contribution in [-0.4, -0.2) is 7.05 Å². The topological polar surface area (TPSA) is 21.3 Å². The summed E-state index contributed by atoms with van der Waals surface area (Å²) in [6, 6.07) is 8.26. The lowest BCUT2D eigenvalue weighted by Crippen LogP contribution is -2.09. The molecule has 0 spiro atoms. The summed E-state index contributed by atoms with van der Waals surface area (Å²) in [5.41, 5.74) is 1.97. The number of benzene rings is 2. The Morgan fingerprint density at radius 2 is 1.95 bits per heavy atom. The van der Waals surface area contributed by atoms with Gasteiger partial charge in [0, 0.05) is 12.1 Å². The maximum Gasteiger partial charge on any atom is 0.146 e. The van der Waals surface area contributed by atoms with E-state index in [0.717, 1.165) is 11.1 Å². The Kier molecular flexibility index (Phi) is 5.31. The SMILES string of the molecule is CNCc1cc(C)ccc1OCc1c(F)ccc(Br)c1F. The molecule has 0 heterocycles. The summed E-state index contributed by atoms with van der Waals surface area (Å²) in [6.45, 7) is 2.45. The van der Waals surface area contributed by atoms with E-state index >= 15 is 0 Å². The van der Waals surface area contributed by atoms with Gasteiger partial charge < -0.3 is 10.1 Å². The second-order valence-corrected chi connectivity index (χ2v) is 5.61. The van der Waals surface area contributed by atoms with E-state index in [0.29, 0.717) is 12.3 Å². The van der Waals surface area contributed by atoms with Gasteiger partial charge in [0.1, 0.15) is 24.0 Å².